The number of anilines is 1. The van der Waals surface area contributed by atoms with Crippen LogP contribution in [-0.4, -0.2) is 4.98 Å². The molecular weight excluding hydrogens is 513 g/mol. The van der Waals surface area contributed by atoms with Crippen molar-refractivity contribution >= 4 is 26.2 Å². The first-order valence-electron chi connectivity index (χ1n) is 7.93. The summed E-state index contributed by atoms with van der Waals surface area (Å²) in [5.74, 6) is -1.53. The van der Waals surface area contributed by atoms with E-state index >= 15 is 0 Å². The molecule has 0 atom stereocenters. The maximum absolute atomic E-state index is 13.4. The zero-order valence-electron chi connectivity index (χ0n) is 14.6. The molecule has 0 saturated carbocycles. The Morgan fingerprint density at radius 3 is 2.33 bits per heavy atom. The number of hydrogen-bond donors (Lipinski definition) is 1. The van der Waals surface area contributed by atoms with Crippen LogP contribution in [-0.2, 0) is 18.7 Å². The van der Waals surface area contributed by atoms with Crippen LogP contribution in [0.2, 0.25) is 0 Å². The van der Waals surface area contributed by atoms with Crippen molar-refractivity contribution < 1.29 is 26.3 Å². The average molecular weight is 531 g/mol. The zero-order valence-corrected chi connectivity index (χ0v) is 17.7. The fourth-order valence-corrected chi connectivity index (χ4v) is 2.48. The number of ether oxygens (including phenoxy) is 1. The number of aromatic nitrogens is 1. The van der Waals surface area contributed by atoms with Crippen molar-refractivity contribution in [1.29, 1.82) is 0 Å². The minimum atomic E-state index is -2.90. The second-order valence-electron chi connectivity index (χ2n) is 5.99. The van der Waals surface area contributed by atoms with Crippen LogP contribution in [0.5, 0.6) is 11.5 Å². The van der Waals surface area contributed by atoms with Crippen LogP contribution in [0.15, 0.2) is 60.8 Å². The van der Waals surface area contributed by atoms with Crippen molar-refractivity contribution in [3.05, 3.63) is 71.9 Å². The number of aryl methyl sites for hydroxylation is 1. The second kappa shape index (κ2) is 9.48. The molecule has 3 nitrogen and oxygen atoms in total. The molecule has 0 spiro atoms. The number of rotatable bonds is 4. The number of nitrogens with two attached hydrogens (primary N) is 1. The molecule has 0 amide bonds. The Morgan fingerprint density at radius 1 is 1.04 bits per heavy atom. The van der Waals surface area contributed by atoms with Gasteiger partial charge in [0.15, 0.2) is 0 Å². The normalized spacial score (nSPS) is 10.8. The monoisotopic (exact) mass is 530 g/mol. The van der Waals surface area contributed by atoms with Gasteiger partial charge in [0.1, 0.15) is 17.3 Å². The molecule has 0 aliphatic carbocycles. The summed E-state index contributed by atoms with van der Waals surface area (Å²) in [6, 6.07) is 15.1. The summed E-state index contributed by atoms with van der Waals surface area (Å²) in [7, 11) is 0. The summed E-state index contributed by atoms with van der Waals surface area (Å²) in [6.07, 6.45) is 1.72. The molecule has 146 valence electrons. The Kier molecular flexibility index (Phi) is 7.58. The molecule has 27 heavy (non-hydrogen) atoms. The van der Waals surface area contributed by atoms with Crippen molar-refractivity contribution in [3.8, 4) is 22.6 Å². The molecule has 1 heterocycles. The van der Waals surface area contributed by atoms with Gasteiger partial charge in [0.05, 0.1) is 0 Å². The van der Waals surface area contributed by atoms with Gasteiger partial charge in [0.2, 0.25) is 0 Å². The van der Waals surface area contributed by atoms with Gasteiger partial charge >= 0.3 is 33.1 Å². The van der Waals surface area contributed by atoms with Gasteiger partial charge in [0.25, 0.3) is 5.92 Å². The molecule has 0 aliphatic heterocycles. The van der Waals surface area contributed by atoms with Crippen molar-refractivity contribution in [1.82, 2.24) is 4.98 Å². The van der Waals surface area contributed by atoms with Crippen molar-refractivity contribution in [3.63, 3.8) is 0 Å². The Balaban J connectivity index is 0.00000126. The number of halogens is 3. The van der Waals surface area contributed by atoms with Gasteiger partial charge in [-0.3, -0.25) is 0 Å². The van der Waals surface area contributed by atoms with Crippen LogP contribution in [0.3, 0.4) is 0 Å². The van der Waals surface area contributed by atoms with Gasteiger partial charge in [-0.2, -0.15) is 0 Å². The molecule has 0 aliphatic rings. The van der Waals surface area contributed by atoms with E-state index in [2.05, 4.69) is 17.7 Å². The number of nitrogen functional groups attached to an aromatic ring is 1. The topological polar surface area (TPSA) is 48.1 Å². The van der Waals surface area contributed by atoms with Gasteiger partial charge < -0.3 is 10.5 Å². The van der Waals surface area contributed by atoms with E-state index in [1.165, 1.54) is 12.1 Å². The molecule has 7 heteroatoms. The Labute approximate surface area is 176 Å². The van der Waals surface area contributed by atoms with Gasteiger partial charge in [-0.05, 0) is 48.4 Å². The quantitative estimate of drug-likeness (QED) is 0.312. The summed E-state index contributed by atoms with van der Waals surface area (Å²) in [6.45, 7) is 2.81. The summed E-state index contributed by atoms with van der Waals surface area (Å²) in [5, 5.41) is 0. The van der Waals surface area contributed by atoms with Crippen LogP contribution >= 0.6 is 20.3 Å². The molecule has 0 bridgehead atoms. The van der Waals surface area contributed by atoms with E-state index in [1.54, 1.807) is 50.8 Å². The molecular formula is C20H18CuF2IN2O. The van der Waals surface area contributed by atoms with Gasteiger partial charge in [-0.1, -0.05) is 24.3 Å². The Morgan fingerprint density at radius 2 is 1.70 bits per heavy atom. The van der Waals surface area contributed by atoms with E-state index in [0.717, 1.165) is 23.6 Å². The first-order chi connectivity index (χ1) is 12.8. The molecule has 3 rings (SSSR count). The van der Waals surface area contributed by atoms with Crippen LogP contribution in [0, 0.1) is 6.92 Å². The van der Waals surface area contributed by atoms with Gasteiger partial charge in [-0.15, -0.1) is 0 Å². The van der Waals surface area contributed by atoms with Gasteiger partial charge in [0, 0.05) is 24.2 Å². The average Bonchev–Trinajstić information content (AvgIpc) is 2.66. The number of nitrogens with zero attached hydrogens (tertiary/aromatic N) is 1. The van der Waals surface area contributed by atoms with Crippen molar-refractivity contribution in [2.24, 2.45) is 0 Å². The summed E-state index contributed by atoms with van der Waals surface area (Å²) < 4.78 is 32.5. The standard InChI is InChI=1S/C20H18F2N2O.Cu.HI/c1-13-10-18(19(23)24-12-13)14-6-8-16(9-7-14)25-17-5-3-4-15(11-17)20(2,21)22;;/h3-12H,1-2H3,(H2,23,24);;1H/q;+1;/p-1. The second-order valence-corrected chi connectivity index (χ2v) is 5.99. The van der Waals surface area contributed by atoms with E-state index in [4.69, 9.17) is 10.5 Å². The summed E-state index contributed by atoms with van der Waals surface area (Å²) in [5.41, 5.74) is 8.62. The fourth-order valence-electron chi connectivity index (χ4n) is 2.48. The molecule has 0 saturated heterocycles. The molecule has 2 aromatic carbocycles. The van der Waals surface area contributed by atoms with Gasteiger partial charge in [-0.25, -0.2) is 13.8 Å². The predicted molar refractivity (Wildman–Crippen MR) is 109 cm³/mol. The van der Waals surface area contributed by atoms with Crippen LogP contribution in [0.4, 0.5) is 14.6 Å². The first-order valence-corrected chi connectivity index (χ1v) is 11.0. The molecule has 0 radical (unpaired) electrons. The number of alkyl halides is 2. The van der Waals surface area contributed by atoms with E-state index in [-0.39, 0.29) is 5.56 Å². The van der Waals surface area contributed by atoms with Crippen LogP contribution < -0.4 is 10.5 Å². The van der Waals surface area contributed by atoms with E-state index in [9.17, 15) is 8.78 Å². The molecule has 2 N–H and O–H groups in total. The number of hydrogen-bond acceptors (Lipinski definition) is 3. The maximum atomic E-state index is 13.4. The minimum absolute atomic E-state index is 0.0831. The molecule has 3 aromatic rings. The third-order valence-electron chi connectivity index (χ3n) is 3.80. The summed E-state index contributed by atoms with van der Waals surface area (Å²) in [4.78, 5) is 4.15. The SMILES string of the molecule is Cc1cnc(N)c(-c2ccc(Oc3cccc(C(C)(F)F)c3)cc2)c1.[Cu][I]. The third-order valence-corrected chi connectivity index (χ3v) is 3.80. The Hall–Kier alpha value is -1.70. The first kappa shape index (κ1) is 21.6. The van der Waals surface area contributed by atoms with Crippen LogP contribution in [0.25, 0.3) is 11.1 Å². The number of benzene rings is 2. The predicted octanol–water partition coefficient (Wildman–Crippen LogP) is 6.43. The van der Waals surface area contributed by atoms with E-state index < -0.39 is 5.92 Å². The van der Waals surface area contributed by atoms with E-state index in [0.29, 0.717) is 17.3 Å². The van der Waals surface area contributed by atoms with Crippen molar-refractivity contribution in [2.75, 3.05) is 5.73 Å². The number of pyridine rings is 1. The summed E-state index contributed by atoms with van der Waals surface area (Å²) >= 11 is 5.87. The molecule has 1 aromatic heterocycles. The fraction of sp³-hybridized carbons (Fsp3) is 0.150. The Bertz CT molecular complexity index is 899. The van der Waals surface area contributed by atoms with Crippen LogP contribution in [0.1, 0.15) is 18.1 Å². The van der Waals surface area contributed by atoms with E-state index in [1.807, 2.05) is 25.1 Å². The van der Waals surface area contributed by atoms with Crippen molar-refractivity contribution in [2.45, 2.75) is 19.8 Å². The molecule has 0 fully saturated rings. The molecule has 0 unspecified atom stereocenters. The zero-order chi connectivity index (χ0) is 20.0. The third kappa shape index (κ3) is 5.89.